The van der Waals surface area contributed by atoms with E-state index in [-0.39, 0.29) is 5.54 Å². The lowest BCUT2D eigenvalue weighted by Gasteiger charge is -2.35. The molecule has 0 aliphatic rings. The standard InChI is InChI=1S/C15H19ClN2O/c1-15(2,10-16)18(3)14-13-9-12(19-4)6-5-11(13)7-8-17-14/h5-9H,10H2,1-4H3. The Morgan fingerprint density at radius 2 is 2.05 bits per heavy atom. The fourth-order valence-corrected chi connectivity index (χ4v) is 2.08. The van der Waals surface area contributed by atoms with Crippen LogP contribution in [-0.4, -0.2) is 30.6 Å². The fourth-order valence-electron chi connectivity index (χ4n) is 1.90. The number of benzene rings is 1. The summed E-state index contributed by atoms with van der Waals surface area (Å²) >= 11 is 6.05. The molecule has 102 valence electrons. The maximum absolute atomic E-state index is 6.05. The van der Waals surface area contributed by atoms with Crippen molar-refractivity contribution >= 4 is 28.2 Å². The van der Waals surface area contributed by atoms with Crippen molar-refractivity contribution in [1.82, 2.24) is 4.98 Å². The summed E-state index contributed by atoms with van der Waals surface area (Å²) in [4.78, 5) is 6.62. The van der Waals surface area contributed by atoms with E-state index in [4.69, 9.17) is 16.3 Å². The Hall–Kier alpha value is -1.48. The van der Waals surface area contributed by atoms with E-state index in [9.17, 15) is 0 Å². The minimum absolute atomic E-state index is 0.161. The lowest BCUT2D eigenvalue weighted by Crippen LogP contribution is -2.43. The molecule has 0 amide bonds. The van der Waals surface area contributed by atoms with Gasteiger partial charge in [-0.05, 0) is 37.4 Å². The highest BCUT2D eigenvalue weighted by Crippen LogP contribution is 2.31. The van der Waals surface area contributed by atoms with Crippen molar-refractivity contribution in [1.29, 1.82) is 0 Å². The van der Waals surface area contributed by atoms with Crippen molar-refractivity contribution in [2.75, 3.05) is 24.9 Å². The number of halogens is 1. The van der Waals surface area contributed by atoms with Crippen LogP contribution in [0.15, 0.2) is 30.5 Å². The van der Waals surface area contributed by atoms with Gasteiger partial charge < -0.3 is 9.64 Å². The molecule has 0 radical (unpaired) electrons. The summed E-state index contributed by atoms with van der Waals surface area (Å²) in [6, 6.07) is 8.01. The molecule has 0 N–H and O–H groups in total. The molecule has 0 saturated heterocycles. The third-order valence-electron chi connectivity index (χ3n) is 3.50. The Morgan fingerprint density at radius 3 is 2.68 bits per heavy atom. The van der Waals surface area contributed by atoms with Crippen LogP contribution >= 0.6 is 11.6 Å². The number of pyridine rings is 1. The third-order valence-corrected chi connectivity index (χ3v) is 4.16. The smallest absolute Gasteiger partial charge is 0.136 e. The summed E-state index contributed by atoms with van der Waals surface area (Å²) in [5.74, 6) is 2.28. The van der Waals surface area contributed by atoms with Gasteiger partial charge in [-0.2, -0.15) is 0 Å². The molecule has 0 aliphatic carbocycles. The summed E-state index contributed by atoms with van der Waals surface area (Å²) in [7, 11) is 3.69. The Morgan fingerprint density at radius 1 is 1.32 bits per heavy atom. The zero-order valence-electron chi connectivity index (χ0n) is 11.8. The predicted molar refractivity (Wildman–Crippen MR) is 81.5 cm³/mol. The zero-order valence-corrected chi connectivity index (χ0v) is 12.5. The molecular formula is C15H19ClN2O. The van der Waals surface area contributed by atoms with Crippen LogP contribution in [0.4, 0.5) is 5.82 Å². The second kappa shape index (κ2) is 5.25. The molecule has 1 heterocycles. The van der Waals surface area contributed by atoms with Crippen molar-refractivity contribution in [2.24, 2.45) is 0 Å². The summed E-state index contributed by atoms with van der Waals surface area (Å²) < 4.78 is 5.30. The monoisotopic (exact) mass is 278 g/mol. The van der Waals surface area contributed by atoms with Crippen molar-refractivity contribution in [2.45, 2.75) is 19.4 Å². The van der Waals surface area contributed by atoms with Crippen molar-refractivity contribution in [3.63, 3.8) is 0 Å². The number of hydrogen-bond acceptors (Lipinski definition) is 3. The van der Waals surface area contributed by atoms with E-state index in [1.165, 1.54) is 0 Å². The molecule has 4 heteroatoms. The Bertz CT molecular complexity index is 583. The van der Waals surface area contributed by atoms with Gasteiger partial charge in [0.15, 0.2) is 0 Å². The van der Waals surface area contributed by atoms with Gasteiger partial charge in [0.2, 0.25) is 0 Å². The van der Waals surface area contributed by atoms with Gasteiger partial charge in [0, 0.05) is 30.0 Å². The first kappa shape index (κ1) is 13.9. The van der Waals surface area contributed by atoms with Crippen LogP contribution in [0.5, 0.6) is 5.75 Å². The van der Waals surface area contributed by atoms with E-state index < -0.39 is 0 Å². The molecule has 1 aromatic carbocycles. The molecule has 1 aromatic heterocycles. The molecule has 3 nitrogen and oxygen atoms in total. The number of nitrogens with zero attached hydrogens (tertiary/aromatic N) is 2. The van der Waals surface area contributed by atoms with Crippen molar-refractivity contribution in [3.8, 4) is 5.75 Å². The minimum Gasteiger partial charge on any atom is -0.497 e. The molecule has 0 spiro atoms. The number of anilines is 1. The minimum atomic E-state index is -0.161. The summed E-state index contributed by atoms with van der Waals surface area (Å²) in [5.41, 5.74) is -0.161. The predicted octanol–water partition coefficient (Wildman–Crippen LogP) is 3.70. The van der Waals surface area contributed by atoms with Gasteiger partial charge in [-0.25, -0.2) is 4.98 Å². The Balaban J connectivity index is 2.59. The Labute approximate surface area is 119 Å². The quantitative estimate of drug-likeness (QED) is 0.798. The lowest BCUT2D eigenvalue weighted by molar-refractivity contribution is 0.415. The SMILES string of the molecule is COc1ccc2ccnc(N(C)C(C)(C)CCl)c2c1. The fraction of sp³-hybridized carbons (Fsp3) is 0.400. The first-order chi connectivity index (χ1) is 8.99. The van der Waals surface area contributed by atoms with Crippen LogP contribution in [0.2, 0.25) is 0 Å². The second-order valence-electron chi connectivity index (χ2n) is 5.23. The van der Waals surface area contributed by atoms with Crippen LogP contribution in [-0.2, 0) is 0 Å². The molecule has 0 unspecified atom stereocenters. The van der Waals surface area contributed by atoms with Crippen molar-refractivity contribution < 1.29 is 4.74 Å². The summed E-state index contributed by atoms with van der Waals surface area (Å²) in [6.45, 7) is 4.20. The molecule has 2 aromatic rings. The molecular weight excluding hydrogens is 260 g/mol. The first-order valence-corrected chi connectivity index (χ1v) is 6.75. The number of methoxy groups -OCH3 is 1. The average Bonchev–Trinajstić information content (AvgIpc) is 2.45. The zero-order chi connectivity index (χ0) is 14.0. The number of hydrogen-bond donors (Lipinski definition) is 0. The molecule has 0 atom stereocenters. The molecule has 0 bridgehead atoms. The molecule has 0 saturated carbocycles. The van der Waals surface area contributed by atoms with E-state index in [0.29, 0.717) is 5.88 Å². The van der Waals surface area contributed by atoms with Gasteiger partial charge >= 0.3 is 0 Å². The number of aromatic nitrogens is 1. The maximum Gasteiger partial charge on any atom is 0.136 e. The van der Waals surface area contributed by atoms with Crippen LogP contribution in [0.1, 0.15) is 13.8 Å². The molecule has 19 heavy (non-hydrogen) atoms. The number of fused-ring (bicyclic) bond motifs is 1. The highest BCUT2D eigenvalue weighted by molar-refractivity contribution is 6.18. The van der Waals surface area contributed by atoms with Gasteiger partial charge in [-0.3, -0.25) is 0 Å². The van der Waals surface area contributed by atoms with E-state index in [1.54, 1.807) is 7.11 Å². The highest BCUT2D eigenvalue weighted by Gasteiger charge is 2.24. The number of rotatable bonds is 4. The molecule has 0 aliphatic heterocycles. The Kier molecular flexibility index (Phi) is 3.85. The van der Waals surface area contributed by atoms with E-state index in [0.717, 1.165) is 22.3 Å². The van der Waals surface area contributed by atoms with Gasteiger partial charge in [-0.15, -0.1) is 11.6 Å². The van der Waals surface area contributed by atoms with Gasteiger partial charge in [0.25, 0.3) is 0 Å². The third kappa shape index (κ3) is 2.61. The number of alkyl halides is 1. The van der Waals surface area contributed by atoms with Gasteiger partial charge in [0.05, 0.1) is 7.11 Å². The van der Waals surface area contributed by atoms with Crippen LogP contribution in [0, 0.1) is 0 Å². The van der Waals surface area contributed by atoms with E-state index >= 15 is 0 Å². The van der Waals surface area contributed by atoms with Crippen LogP contribution < -0.4 is 9.64 Å². The first-order valence-electron chi connectivity index (χ1n) is 6.22. The largest absolute Gasteiger partial charge is 0.497 e. The lowest BCUT2D eigenvalue weighted by atomic mass is 10.0. The van der Waals surface area contributed by atoms with Crippen LogP contribution in [0.3, 0.4) is 0 Å². The van der Waals surface area contributed by atoms with Gasteiger partial charge in [-0.1, -0.05) is 6.07 Å². The number of ether oxygens (including phenoxy) is 1. The average molecular weight is 279 g/mol. The van der Waals surface area contributed by atoms with E-state index in [2.05, 4.69) is 23.7 Å². The van der Waals surface area contributed by atoms with E-state index in [1.807, 2.05) is 37.5 Å². The molecule has 2 rings (SSSR count). The normalized spacial score (nSPS) is 11.6. The molecule has 0 fully saturated rings. The second-order valence-corrected chi connectivity index (χ2v) is 5.49. The van der Waals surface area contributed by atoms with Gasteiger partial charge in [0.1, 0.15) is 11.6 Å². The summed E-state index contributed by atoms with van der Waals surface area (Å²) in [6.07, 6.45) is 1.82. The topological polar surface area (TPSA) is 25.4 Å². The van der Waals surface area contributed by atoms with Crippen molar-refractivity contribution in [3.05, 3.63) is 30.5 Å². The maximum atomic E-state index is 6.05. The van der Waals surface area contributed by atoms with Crippen LogP contribution in [0.25, 0.3) is 10.8 Å². The summed E-state index contributed by atoms with van der Waals surface area (Å²) in [5, 5.41) is 2.21. The highest BCUT2D eigenvalue weighted by atomic mass is 35.5.